The molecule has 0 atom stereocenters. The molecule has 2 aromatic rings. The smallest absolute Gasteiger partial charge is 0.209 e. The molecular formula is C14H18N4OS. The third-order valence-electron chi connectivity index (χ3n) is 3.41. The van der Waals surface area contributed by atoms with Crippen LogP contribution in [0.1, 0.15) is 30.1 Å². The Kier molecular flexibility index (Phi) is 3.82. The summed E-state index contributed by atoms with van der Waals surface area (Å²) in [7, 11) is 1.68. The van der Waals surface area contributed by atoms with E-state index in [1.165, 1.54) is 18.4 Å². The first kappa shape index (κ1) is 13.3. The molecule has 1 aliphatic carbocycles. The molecule has 6 heteroatoms. The van der Waals surface area contributed by atoms with E-state index >= 15 is 0 Å². The summed E-state index contributed by atoms with van der Waals surface area (Å²) < 4.78 is 6.80. The average molecular weight is 290 g/mol. The van der Waals surface area contributed by atoms with E-state index in [1.807, 2.05) is 12.1 Å². The van der Waals surface area contributed by atoms with Gasteiger partial charge in [0.1, 0.15) is 5.75 Å². The van der Waals surface area contributed by atoms with Crippen molar-refractivity contribution in [1.29, 1.82) is 0 Å². The van der Waals surface area contributed by atoms with Crippen LogP contribution in [0.4, 0.5) is 0 Å². The fraction of sp³-hybridized carbons (Fsp3) is 0.429. The van der Waals surface area contributed by atoms with Gasteiger partial charge in [-0.15, -0.1) is 10.2 Å². The van der Waals surface area contributed by atoms with E-state index in [1.54, 1.807) is 23.5 Å². The van der Waals surface area contributed by atoms with Crippen LogP contribution in [0.2, 0.25) is 0 Å². The first-order valence-electron chi connectivity index (χ1n) is 6.74. The van der Waals surface area contributed by atoms with Crippen LogP contribution in [0.3, 0.4) is 0 Å². The fourth-order valence-corrected chi connectivity index (χ4v) is 2.91. The predicted octanol–water partition coefficient (Wildman–Crippen LogP) is 2.21. The van der Waals surface area contributed by atoms with Gasteiger partial charge in [0.05, 0.1) is 7.11 Å². The van der Waals surface area contributed by atoms with Crippen molar-refractivity contribution < 1.29 is 4.74 Å². The Morgan fingerprint density at radius 3 is 2.70 bits per heavy atom. The number of nitrogen functional groups attached to an aromatic ring is 1. The largest absolute Gasteiger partial charge is 0.497 e. The highest BCUT2D eigenvalue weighted by Crippen LogP contribution is 2.39. The molecule has 1 saturated carbocycles. The molecule has 0 radical (unpaired) electrons. The quantitative estimate of drug-likeness (QED) is 0.652. The Labute approximate surface area is 122 Å². The summed E-state index contributed by atoms with van der Waals surface area (Å²) in [5.74, 6) is 9.30. The van der Waals surface area contributed by atoms with Crippen molar-refractivity contribution in [3.63, 3.8) is 0 Å². The van der Waals surface area contributed by atoms with E-state index in [4.69, 9.17) is 10.6 Å². The molecular weight excluding hydrogens is 272 g/mol. The van der Waals surface area contributed by atoms with Gasteiger partial charge in [-0.2, -0.15) is 0 Å². The third kappa shape index (κ3) is 2.90. The lowest BCUT2D eigenvalue weighted by Gasteiger charge is -2.04. The second-order valence-corrected chi connectivity index (χ2v) is 5.99. The van der Waals surface area contributed by atoms with E-state index in [0.717, 1.165) is 28.9 Å². The van der Waals surface area contributed by atoms with Crippen LogP contribution >= 0.6 is 11.8 Å². The molecule has 1 aromatic carbocycles. The number of hydrogen-bond donors (Lipinski definition) is 1. The number of thioether (sulfide) groups is 1. The van der Waals surface area contributed by atoms with Crippen molar-refractivity contribution in [3.05, 3.63) is 35.7 Å². The van der Waals surface area contributed by atoms with Gasteiger partial charge >= 0.3 is 0 Å². The van der Waals surface area contributed by atoms with Gasteiger partial charge in [-0.3, -0.25) is 0 Å². The van der Waals surface area contributed by atoms with E-state index < -0.39 is 0 Å². The molecule has 0 unspecified atom stereocenters. The SMILES string of the molecule is COc1ccc(CCSc2nnc(C3CC3)n2N)cc1. The first-order chi connectivity index (χ1) is 9.78. The molecule has 3 rings (SSSR count). The number of aryl methyl sites for hydroxylation is 1. The van der Waals surface area contributed by atoms with E-state index in [-0.39, 0.29) is 0 Å². The van der Waals surface area contributed by atoms with Crippen molar-refractivity contribution in [2.45, 2.75) is 30.3 Å². The third-order valence-corrected chi connectivity index (χ3v) is 4.36. The van der Waals surface area contributed by atoms with Gasteiger partial charge in [0.15, 0.2) is 5.82 Å². The Morgan fingerprint density at radius 1 is 1.30 bits per heavy atom. The number of nitrogens with zero attached hydrogens (tertiary/aromatic N) is 3. The lowest BCUT2D eigenvalue weighted by Crippen LogP contribution is -2.13. The number of ether oxygens (including phenoxy) is 1. The highest BCUT2D eigenvalue weighted by atomic mass is 32.2. The summed E-state index contributed by atoms with van der Waals surface area (Å²) in [5, 5.41) is 9.15. The Morgan fingerprint density at radius 2 is 2.05 bits per heavy atom. The highest BCUT2D eigenvalue weighted by Gasteiger charge is 2.29. The van der Waals surface area contributed by atoms with Crippen LogP contribution < -0.4 is 10.6 Å². The Hall–Kier alpha value is -1.69. The summed E-state index contributed by atoms with van der Waals surface area (Å²) in [6, 6.07) is 8.14. The molecule has 1 heterocycles. The minimum Gasteiger partial charge on any atom is -0.497 e. The van der Waals surface area contributed by atoms with Gasteiger partial charge in [0.2, 0.25) is 5.16 Å². The predicted molar refractivity (Wildman–Crippen MR) is 79.6 cm³/mol. The van der Waals surface area contributed by atoms with E-state index in [0.29, 0.717) is 5.92 Å². The van der Waals surface area contributed by atoms with Crippen molar-refractivity contribution in [1.82, 2.24) is 14.9 Å². The summed E-state index contributed by atoms with van der Waals surface area (Å²) >= 11 is 1.65. The monoisotopic (exact) mass is 290 g/mol. The molecule has 1 fully saturated rings. The van der Waals surface area contributed by atoms with Crippen molar-refractivity contribution in [2.75, 3.05) is 18.7 Å². The van der Waals surface area contributed by atoms with Gasteiger partial charge in [-0.05, 0) is 37.0 Å². The summed E-state index contributed by atoms with van der Waals surface area (Å²) in [4.78, 5) is 0. The zero-order chi connectivity index (χ0) is 13.9. The van der Waals surface area contributed by atoms with E-state index in [2.05, 4.69) is 22.3 Å². The number of hydrogen-bond acceptors (Lipinski definition) is 5. The summed E-state index contributed by atoms with van der Waals surface area (Å²) in [6.45, 7) is 0. The molecule has 2 N–H and O–H groups in total. The van der Waals surface area contributed by atoms with Gasteiger partial charge in [0, 0.05) is 11.7 Å². The van der Waals surface area contributed by atoms with Crippen molar-refractivity contribution in [2.24, 2.45) is 0 Å². The first-order valence-corrected chi connectivity index (χ1v) is 7.72. The molecule has 1 aromatic heterocycles. The lowest BCUT2D eigenvalue weighted by atomic mass is 10.2. The molecule has 0 saturated heterocycles. The number of methoxy groups -OCH3 is 1. The molecule has 0 spiro atoms. The Bertz CT molecular complexity index is 577. The van der Waals surface area contributed by atoms with Gasteiger partial charge in [-0.25, -0.2) is 4.68 Å². The summed E-state index contributed by atoms with van der Waals surface area (Å²) in [6.07, 6.45) is 3.35. The maximum absolute atomic E-state index is 6.02. The maximum Gasteiger partial charge on any atom is 0.209 e. The van der Waals surface area contributed by atoms with Gasteiger partial charge < -0.3 is 10.6 Å². The molecule has 1 aliphatic rings. The van der Waals surface area contributed by atoms with Gasteiger partial charge in [-0.1, -0.05) is 23.9 Å². The minimum absolute atomic E-state index is 0.531. The normalized spacial score (nSPS) is 14.4. The Balaban J connectivity index is 1.54. The van der Waals surface area contributed by atoms with Crippen LogP contribution in [0, 0.1) is 0 Å². The zero-order valence-electron chi connectivity index (χ0n) is 11.5. The molecule has 106 valence electrons. The zero-order valence-corrected chi connectivity index (χ0v) is 12.3. The average Bonchev–Trinajstić information content (AvgIpc) is 3.25. The number of aromatic nitrogens is 3. The molecule has 0 aliphatic heterocycles. The maximum atomic E-state index is 6.02. The number of rotatable bonds is 6. The molecule has 0 bridgehead atoms. The van der Waals surface area contributed by atoms with Crippen LogP contribution in [0.25, 0.3) is 0 Å². The highest BCUT2D eigenvalue weighted by molar-refractivity contribution is 7.99. The number of benzene rings is 1. The number of nitrogens with two attached hydrogens (primary N) is 1. The van der Waals surface area contributed by atoms with Gasteiger partial charge in [0.25, 0.3) is 0 Å². The molecule has 0 amide bonds. The minimum atomic E-state index is 0.531. The molecule has 5 nitrogen and oxygen atoms in total. The van der Waals surface area contributed by atoms with Crippen molar-refractivity contribution >= 4 is 11.8 Å². The second kappa shape index (κ2) is 5.75. The van der Waals surface area contributed by atoms with Crippen LogP contribution in [0.5, 0.6) is 5.75 Å². The topological polar surface area (TPSA) is 66.0 Å². The van der Waals surface area contributed by atoms with E-state index in [9.17, 15) is 0 Å². The van der Waals surface area contributed by atoms with Crippen LogP contribution in [0.15, 0.2) is 29.4 Å². The van der Waals surface area contributed by atoms with Crippen LogP contribution in [-0.2, 0) is 6.42 Å². The second-order valence-electron chi connectivity index (χ2n) is 4.93. The van der Waals surface area contributed by atoms with Crippen LogP contribution in [-0.4, -0.2) is 27.7 Å². The lowest BCUT2D eigenvalue weighted by molar-refractivity contribution is 0.414. The molecule has 20 heavy (non-hydrogen) atoms. The standard InChI is InChI=1S/C14H18N4OS/c1-19-12-6-2-10(3-7-12)8-9-20-14-17-16-13(18(14)15)11-4-5-11/h2-3,6-7,11H,4-5,8-9,15H2,1H3. The van der Waals surface area contributed by atoms with Crippen molar-refractivity contribution in [3.8, 4) is 5.75 Å². The fourth-order valence-electron chi connectivity index (χ4n) is 2.06. The summed E-state index contributed by atoms with van der Waals surface area (Å²) in [5.41, 5.74) is 1.28.